The highest BCUT2D eigenvalue weighted by Crippen LogP contribution is 2.40. The van der Waals surface area contributed by atoms with Gasteiger partial charge in [-0.1, -0.05) is 0 Å². The predicted molar refractivity (Wildman–Crippen MR) is 142 cm³/mol. The summed E-state index contributed by atoms with van der Waals surface area (Å²) >= 11 is 0. The zero-order valence-corrected chi connectivity index (χ0v) is 21.3. The van der Waals surface area contributed by atoms with Crippen LogP contribution in [0.15, 0.2) is 42.7 Å². The molecule has 10 heteroatoms. The van der Waals surface area contributed by atoms with Gasteiger partial charge in [0.25, 0.3) is 0 Å². The number of fused-ring (bicyclic) bond motifs is 3. The van der Waals surface area contributed by atoms with Crippen LogP contribution in [0.1, 0.15) is 45.1 Å². The fourth-order valence-electron chi connectivity index (χ4n) is 5.43. The van der Waals surface area contributed by atoms with Crippen LogP contribution in [0, 0.1) is 5.82 Å². The van der Waals surface area contributed by atoms with Crippen molar-refractivity contribution in [2.24, 2.45) is 5.73 Å². The summed E-state index contributed by atoms with van der Waals surface area (Å²) in [6.07, 6.45) is 5.73. The number of ether oxygens (including phenoxy) is 1. The maximum absolute atomic E-state index is 15.4. The Morgan fingerprint density at radius 1 is 1.08 bits per heavy atom. The molecule has 0 aliphatic carbocycles. The number of nitrogens with zero attached hydrogens (tertiary/aromatic N) is 4. The van der Waals surface area contributed by atoms with Crippen molar-refractivity contribution in [1.82, 2.24) is 9.97 Å². The molecule has 3 N–H and O–H groups in total. The third-order valence-electron chi connectivity index (χ3n) is 7.33. The van der Waals surface area contributed by atoms with Crippen molar-refractivity contribution in [3.63, 3.8) is 0 Å². The van der Waals surface area contributed by atoms with E-state index in [1.165, 1.54) is 6.07 Å². The number of pyridine rings is 2. The molecule has 3 aliphatic heterocycles. The second-order valence-corrected chi connectivity index (χ2v) is 10.6. The van der Waals surface area contributed by atoms with E-state index in [9.17, 15) is 9.59 Å². The lowest BCUT2D eigenvalue weighted by atomic mass is 9.88. The topological polar surface area (TPSA) is 114 Å². The van der Waals surface area contributed by atoms with Gasteiger partial charge in [0.2, 0.25) is 17.7 Å². The minimum atomic E-state index is -0.804. The molecule has 5 heterocycles. The molecule has 3 aliphatic rings. The van der Waals surface area contributed by atoms with Crippen LogP contribution in [0.5, 0.6) is 5.88 Å². The van der Waals surface area contributed by atoms with Crippen molar-refractivity contribution in [3.05, 3.63) is 54.1 Å². The average Bonchev–Trinajstić information content (AvgIpc) is 3.49. The number of halogens is 1. The van der Waals surface area contributed by atoms with Crippen molar-refractivity contribution in [2.45, 2.75) is 51.1 Å². The minimum absolute atomic E-state index is 0.00544. The predicted octanol–water partition coefficient (Wildman–Crippen LogP) is 4.23. The maximum Gasteiger partial charge on any atom is 0.238 e. The first-order chi connectivity index (χ1) is 18.2. The molecule has 3 aromatic rings. The molecule has 196 valence electrons. The van der Waals surface area contributed by atoms with Crippen molar-refractivity contribution in [1.29, 1.82) is 0 Å². The van der Waals surface area contributed by atoms with Crippen LogP contribution in [0.4, 0.5) is 27.3 Å². The number of nitrogens with one attached hydrogen (secondary N) is 1. The summed E-state index contributed by atoms with van der Waals surface area (Å²) in [5.74, 6) is 0.563. The smallest absolute Gasteiger partial charge is 0.238 e. The van der Waals surface area contributed by atoms with E-state index >= 15 is 4.39 Å². The quantitative estimate of drug-likeness (QED) is 0.522. The SMILES string of the molecule is CC(C)(N)c1cc(Nc2cnc3c(c2)N2C(=O)CC[C@H]2CO3)ncc1-c1ccc(N2CCCC2=O)cc1F. The van der Waals surface area contributed by atoms with Gasteiger partial charge in [-0.3, -0.25) is 9.59 Å². The molecular weight excluding hydrogens is 487 g/mol. The Kier molecular flexibility index (Phi) is 5.79. The monoisotopic (exact) mass is 516 g/mol. The summed E-state index contributed by atoms with van der Waals surface area (Å²) in [4.78, 5) is 36.9. The van der Waals surface area contributed by atoms with Gasteiger partial charge in [0.15, 0.2) is 0 Å². The Balaban J connectivity index is 1.32. The Morgan fingerprint density at radius 2 is 1.92 bits per heavy atom. The summed E-state index contributed by atoms with van der Waals surface area (Å²) in [6, 6.07) is 8.48. The molecule has 0 radical (unpaired) electrons. The van der Waals surface area contributed by atoms with E-state index in [1.807, 2.05) is 19.9 Å². The summed E-state index contributed by atoms with van der Waals surface area (Å²) < 4.78 is 21.1. The van der Waals surface area contributed by atoms with Gasteiger partial charge in [0, 0.05) is 47.9 Å². The Hall–Kier alpha value is -4.05. The molecule has 2 aromatic heterocycles. The van der Waals surface area contributed by atoms with E-state index in [2.05, 4.69) is 15.3 Å². The van der Waals surface area contributed by atoms with Crippen LogP contribution in [0.25, 0.3) is 11.1 Å². The Morgan fingerprint density at radius 3 is 2.66 bits per heavy atom. The molecule has 6 rings (SSSR count). The number of benzene rings is 1. The molecule has 2 fully saturated rings. The number of nitrogens with two attached hydrogens (primary N) is 1. The number of carbonyl (C=O) groups is 2. The van der Waals surface area contributed by atoms with E-state index in [0.717, 1.165) is 12.8 Å². The molecule has 0 bridgehead atoms. The zero-order chi connectivity index (χ0) is 26.6. The number of anilines is 4. The normalized spacial score (nSPS) is 18.9. The fraction of sp³-hybridized carbons (Fsp3) is 0.357. The van der Waals surface area contributed by atoms with Crippen molar-refractivity contribution >= 4 is 34.7 Å². The average molecular weight is 517 g/mol. The third-order valence-corrected chi connectivity index (χ3v) is 7.33. The van der Waals surface area contributed by atoms with Gasteiger partial charge < -0.3 is 25.6 Å². The van der Waals surface area contributed by atoms with Gasteiger partial charge >= 0.3 is 0 Å². The lowest BCUT2D eigenvalue weighted by molar-refractivity contribution is -0.118. The van der Waals surface area contributed by atoms with Gasteiger partial charge in [-0.15, -0.1) is 0 Å². The lowest BCUT2D eigenvalue weighted by Gasteiger charge is -2.31. The molecule has 9 nitrogen and oxygen atoms in total. The van der Waals surface area contributed by atoms with Crippen LogP contribution in [0.3, 0.4) is 0 Å². The molecular formula is C28H29FN6O3. The van der Waals surface area contributed by atoms with Gasteiger partial charge in [0.1, 0.15) is 23.9 Å². The number of carbonyl (C=O) groups excluding carboxylic acids is 2. The van der Waals surface area contributed by atoms with Gasteiger partial charge in [0.05, 0.1) is 17.9 Å². The summed E-state index contributed by atoms with van der Waals surface area (Å²) in [7, 11) is 0. The van der Waals surface area contributed by atoms with Crippen molar-refractivity contribution in [2.75, 3.05) is 28.3 Å². The Labute approximate surface area is 219 Å². The standard InChI is InChI=1S/C28H29FN6O3/c1-28(2,30)21-12-24(33-16-10-23-27(32-13-16)38-15-18-6-8-26(37)35(18)23)31-14-20(21)19-7-5-17(11-22(19)29)34-9-3-4-25(34)36/h5,7,10-14,18H,3-4,6,8-9,15,30H2,1-2H3,(H,31,33)/t18-/m0/s1. The Bertz CT molecular complexity index is 1450. The second kappa shape index (κ2) is 9.05. The summed E-state index contributed by atoms with van der Waals surface area (Å²) in [5, 5.41) is 3.25. The van der Waals surface area contributed by atoms with Crippen LogP contribution in [0.2, 0.25) is 0 Å². The second-order valence-electron chi connectivity index (χ2n) is 10.6. The number of rotatable bonds is 5. The molecule has 2 amide bonds. The molecule has 1 aromatic carbocycles. The van der Waals surface area contributed by atoms with Gasteiger partial charge in [-0.2, -0.15) is 0 Å². The van der Waals surface area contributed by atoms with Crippen molar-refractivity contribution < 1.29 is 18.7 Å². The van der Waals surface area contributed by atoms with Crippen LogP contribution < -0.4 is 25.6 Å². The summed E-state index contributed by atoms with van der Waals surface area (Å²) in [6.45, 7) is 4.74. The number of aromatic nitrogens is 2. The maximum atomic E-state index is 15.4. The highest BCUT2D eigenvalue weighted by atomic mass is 19.1. The molecule has 0 spiro atoms. The zero-order valence-electron chi connectivity index (χ0n) is 21.3. The largest absolute Gasteiger partial charge is 0.474 e. The lowest BCUT2D eigenvalue weighted by Crippen LogP contribution is -2.40. The fourth-order valence-corrected chi connectivity index (χ4v) is 5.43. The highest BCUT2D eigenvalue weighted by Gasteiger charge is 2.38. The highest BCUT2D eigenvalue weighted by molar-refractivity contribution is 5.98. The van der Waals surface area contributed by atoms with Gasteiger partial charge in [-0.05, 0) is 62.6 Å². The van der Waals surface area contributed by atoms with E-state index in [-0.39, 0.29) is 17.9 Å². The van der Waals surface area contributed by atoms with Crippen molar-refractivity contribution in [3.8, 4) is 17.0 Å². The first kappa shape index (κ1) is 24.3. The van der Waals surface area contributed by atoms with Crippen LogP contribution >= 0.6 is 0 Å². The molecule has 0 unspecified atom stereocenters. The molecule has 2 saturated heterocycles. The molecule has 1 atom stereocenters. The minimum Gasteiger partial charge on any atom is -0.474 e. The van der Waals surface area contributed by atoms with Gasteiger partial charge in [-0.25, -0.2) is 14.4 Å². The number of hydrogen-bond donors (Lipinski definition) is 2. The van der Waals surface area contributed by atoms with E-state index in [4.69, 9.17) is 10.5 Å². The van der Waals surface area contributed by atoms with E-state index < -0.39 is 11.4 Å². The molecule has 38 heavy (non-hydrogen) atoms. The van der Waals surface area contributed by atoms with Crippen LogP contribution in [-0.2, 0) is 15.1 Å². The third kappa shape index (κ3) is 4.24. The van der Waals surface area contributed by atoms with E-state index in [0.29, 0.717) is 71.4 Å². The number of amides is 2. The van der Waals surface area contributed by atoms with Crippen LogP contribution in [-0.4, -0.2) is 41.0 Å². The first-order valence-corrected chi connectivity index (χ1v) is 12.8. The summed E-state index contributed by atoms with van der Waals surface area (Å²) in [5.41, 5.74) is 9.17. The number of hydrogen-bond acceptors (Lipinski definition) is 7. The first-order valence-electron chi connectivity index (χ1n) is 12.8. The van der Waals surface area contributed by atoms with E-state index in [1.54, 1.807) is 40.4 Å². The molecule has 0 saturated carbocycles.